The molecule has 1 aliphatic carbocycles. The van der Waals surface area contributed by atoms with Gasteiger partial charge in [-0.05, 0) is 18.9 Å². The number of halogens is 1. The maximum absolute atomic E-state index is 11.7. The number of carbonyl (C=O) groups excluding carboxylic acids is 1. The van der Waals surface area contributed by atoms with Gasteiger partial charge in [0.25, 0.3) is 5.69 Å². The predicted molar refractivity (Wildman–Crippen MR) is 72.5 cm³/mol. The van der Waals surface area contributed by atoms with Gasteiger partial charge in [-0.1, -0.05) is 11.6 Å². The second-order valence-corrected chi connectivity index (χ2v) is 5.00. The van der Waals surface area contributed by atoms with E-state index in [2.05, 4.69) is 5.32 Å². The lowest BCUT2D eigenvalue weighted by Crippen LogP contribution is -2.36. The van der Waals surface area contributed by atoms with E-state index in [4.69, 9.17) is 11.6 Å². The third-order valence-corrected chi connectivity index (χ3v) is 3.18. The van der Waals surface area contributed by atoms with Crippen LogP contribution in [0.1, 0.15) is 12.8 Å². The first-order valence-electron chi connectivity index (χ1n) is 5.92. The molecule has 1 aromatic rings. The van der Waals surface area contributed by atoms with Crippen LogP contribution in [0.2, 0.25) is 5.02 Å². The number of carbonyl (C=O) groups is 1. The largest absolute Gasteiger partial charge is 0.364 e. The summed E-state index contributed by atoms with van der Waals surface area (Å²) in [5, 5.41) is 13.7. The molecule has 0 saturated heterocycles. The SMILES string of the molecule is CN(CC(=O)NC1CC1)c1ccc([N+](=O)[O-])cc1Cl. The Morgan fingerprint density at radius 2 is 2.26 bits per heavy atom. The van der Waals surface area contributed by atoms with Crippen LogP contribution in [-0.4, -0.2) is 30.5 Å². The van der Waals surface area contributed by atoms with Crippen molar-refractivity contribution in [2.45, 2.75) is 18.9 Å². The molecule has 0 heterocycles. The van der Waals surface area contributed by atoms with Gasteiger partial charge in [0.1, 0.15) is 0 Å². The molecule has 0 radical (unpaired) electrons. The molecule has 0 aromatic heterocycles. The second kappa shape index (κ2) is 5.44. The van der Waals surface area contributed by atoms with Crippen LogP contribution in [0.15, 0.2) is 18.2 Å². The number of nitro benzene ring substituents is 1. The third kappa shape index (κ3) is 3.57. The fourth-order valence-corrected chi connectivity index (χ4v) is 2.04. The van der Waals surface area contributed by atoms with Crippen molar-refractivity contribution in [3.63, 3.8) is 0 Å². The molecule has 6 nitrogen and oxygen atoms in total. The molecule has 1 saturated carbocycles. The molecule has 2 rings (SSSR count). The number of rotatable bonds is 5. The van der Waals surface area contributed by atoms with Gasteiger partial charge in [-0.15, -0.1) is 0 Å². The highest BCUT2D eigenvalue weighted by molar-refractivity contribution is 6.33. The summed E-state index contributed by atoms with van der Waals surface area (Å²) < 4.78 is 0. The summed E-state index contributed by atoms with van der Waals surface area (Å²) in [4.78, 5) is 23.4. The highest BCUT2D eigenvalue weighted by atomic mass is 35.5. The maximum Gasteiger partial charge on any atom is 0.271 e. The zero-order chi connectivity index (χ0) is 14.0. The summed E-state index contributed by atoms with van der Waals surface area (Å²) in [5.74, 6) is -0.0700. The predicted octanol–water partition coefficient (Wildman–Crippen LogP) is 1.96. The van der Waals surface area contributed by atoms with Gasteiger partial charge < -0.3 is 10.2 Å². The van der Waals surface area contributed by atoms with Crippen LogP contribution in [0, 0.1) is 10.1 Å². The number of benzene rings is 1. The molecule has 0 spiro atoms. The minimum atomic E-state index is -0.505. The molecule has 1 aromatic carbocycles. The van der Waals surface area contributed by atoms with Crippen molar-refractivity contribution in [1.29, 1.82) is 0 Å². The van der Waals surface area contributed by atoms with Crippen LogP contribution in [-0.2, 0) is 4.79 Å². The molecule has 19 heavy (non-hydrogen) atoms. The first-order chi connectivity index (χ1) is 8.97. The topological polar surface area (TPSA) is 75.5 Å². The number of hydrogen-bond acceptors (Lipinski definition) is 4. The molecular formula is C12H14ClN3O3. The van der Waals surface area contributed by atoms with Crippen LogP contribution in [0.25, 0.3) is 0 Å². The number of hydrogen-bond donors (Lipinski definition) is 1. The number of anilines is 1. The molecule has 0 unspecified atom stereocenters. The van der Waals surface area contributed by atoms with E-state index in [0.29, 0.717) is 11.7 Å². The quantitative estimate of drug-likeness (QED) is 0.662. The van der Waals surface area contributed by atoms with Gasteiger partial charge in [0.15, 0.2) is 0 Å². The van der Waals surface area contributed by atoms with Gasteiger partial charge in [0.2, 0.25) is 5.91 Å². The molecular weight excluding hydrogens is 270 g/mol. The van der Waals surface area contributed by atoms with Crippen molar-refractivity contribution in [2.24, 2.45) is 0 Å². The molecule has 7 heteroatoms. The van der Waals surface area contributed by atoms with Crippen molar-refractivity contribution in [1.82, 2.24) is 5.32 Å². The lowest BCUT2D eigenvalue weighted by molar-refractivity contribution is -0.384. The molecule has 0 aliphatic heterocycles. The number of nitrogens with one attached hydrogen (secondary N) is 1. The summed E-state index contributed by atoms with van der Waals surface area (Å²) in [6, 6.07) is 4.52. The average molecular weight is 284 g/mol. The Bertz CT molecular complexity index is 517. The molecule has 1 amide bonds. The van der Waals surface area contributed by atoms with E-state index in [1.54, 1.807) is 18.0 Å². The van der Waals surface area contributed by atoms with Crippen LogP contribution in [0.5, 0.6) is 0 Å². The third-order valence-electron chi connectivity index (χ3n) is 2.88. The molecule has 102 valence electrons. The second-order valence-electron chi connectivity index (χ2n) is 4.59. The Morgan fingerprint density at radius 3 is 2.79 bits per heavy atom. The van der Waals surface area contributed by atoms with E-state index in [0.717, 1.165) is 12.8 Å². The number of non-ortho nitro benzene ring substituents is 1. The monoisotopic (exact) mass is 283 g/mol. The summed E-state index contributed by atoms with van der Waals surface area (Å²) >= 11 is 5.99. The zero-order valence-electron chi connectivity index (χ0n) is 10.4. The Labute approximate surface area is 115 Å². The Balaban J connectivity index is 2.03. The van der Waals surface area contributed by atoms with Crippen molar-refractivity contribution in [2.75, 3.05) is 18.5 Å². The fourth-order valence-electron chi connectivity index (χ4n) is 1.72. The van der Waals surface area contributed by atoms with Gasteiger partial charge >= 0.3 is 0 Å². The van der Waals surface area contributed by atoms with Crippen LogP contribution >= 0.6 is 11.6 Å². The molecule has 1 fully saturated rings. The molecule has 1 aliphatic rings. The molecule has 0 bridgehead atoms. The lowest BCUT2D eigenvalue weighted by Gasteiger charge is -2.19. The van der Waals surface area contributed by atoms with Gasteiger partial charge in [-0.25, -0.2) is 0 Å². The Morgan fingerprint density at radius 1 is 1.58 bits per heavy atom. The zero-order valence-corrected chi connectivity index (χ0v) is 11.2. The highest BCUT2D eigenvalue weighted by Crippen LogP contribution is 2.29. The summed E-state index contributed by atoms with van der Waals surface area (Å²) in [5.41, 5.74) is 0.530. The van der Waals surface area contributed by atoms with Crippen LogP contribution in [0.4, 0.5) is 11.4 Å². The Kier molecular flexibility index (Phi) is 3.90. The number of nitro groups is 1. The molecule has 0 atom stereocenters. The summed E-state index contributed by atoms with van der Waals surface area (Å²) in [7, 11) is 1.72. The first-order valence-corrected chi connectivity index (χ1v) is 6.29. The standard InChI is InChI=1S/C12H14ClN3O3/c1-15(7-12(17)14-8-2-3-8)11-5-4-9(16(18)19)6-10(11)13/h4-6,8H,2-3,7H2,1H3,(H,14,17). The number of nitrogens with zero attached hydrogens (tertiary/aromatic N) is 2. The number of likely N-dealkylation sites (N-methyl/N-ethyl adjacent to an activating group) is 1. The van der Waals surface area contributed by atoms with Crippen LogP contribution in [0.3, 0.4) is 0 Å². The average Bonchev–Trinajstić information content (AvgIpc) is 3.12. The van der Waals surface area contributed by atoms with Gasteiger partial charge in [0.05, 0.1) is 22.2 Å². The minimum Gasteiger partial charge on any atom is -0.364 e. The normalized spacial score (nSPS) is 14.0. The summed E-state index contributed by atoms with van der Waals surface area (Å²) in [6.07, 6.45) is 2.07. The highest BCUT2D eigenvalue weighted by Gasteiger charge is 2.24. The fraction of sp³-hybridized carbons (Fsp3) is 0.417. The van der Waals surface area contributed by atoms with E-state index in [1.807, 2.05) is 0 Å². The first kappa shape index (κ1) is 13.6. The van der Waals surface area contributed by atoms with Crippen molar-refractivity contribution in [3.8, 4) is 0 Å². The van der Waals surface area contributed by atoms with Gasteiger partial charge in [-0.2, -0.15) is 0 Å². The van der Waals surface area contributed by atoms with E-state index >= 15 is 0 Å². The maximum atomic E-state index is 11.7. The molecule has 1 N–H and O–H groups in total. The van der Waals surface area contributed by atoms with Crippen molar-refractivity contribution < 1.29 is 9.72 Å². The van der Waals surface area contributed by atoms with Crippen molar-refractivity contribution in [3.05, 3.63) is 33.3 Å². The smallest absolute Gasteiger partial charge is 0.271 e. The van der Waals surface area contributed by atoms with E-state index in [9.17, 15) is 14.9 Å². The van der Waals surface area contributed by atoms with Gasteiger partial charge in [-0.3, -0.25) is 14.9 Å². The van der Waals surface area contributed by atoms with E-state index in [-0.39, 0.29) is 23.2 Å². The van der Waals surface area contributed by atoms with Crippen molar-refractivity contribution >= 4 is 28.9 Å². The minimum absolute atomic E-state index is 0.0652. The van der Waals surface area contributed by atoms with E-state index in [1.165, 1.54) is 12.1 Å². The van der Waals surface area contributed by atoms with Gasteiger partial charge in [0, 0.05) is 25.2 Å². The summed E-state index contributed by atoms with van der Waals surface area (Å²) in [6.45, 7) is 0.175. The Hall–Kier alpha value is -1.82. The number of amides is 1. The van der Waals surface area contributed by atoms with Crippen LogP contribution < -0.4 is 10.2 Å². The lowest BCUT2D eigenvalue weighted by atomic mass is 10.2. The van der Waals surface area contributed by atoms with E-state index < -0.39 is 4.92 Å².